The van der Waals surface area contributed by atoms with Crippen LogP contribution in [0.15, 0.2) is 30.3 Å². The van der Waals surface area contributed by atoms with E-state index >= 15 is 0 Å². The molecule has 0 aliphatic rings. The molecular weight excluding hydrogens is 304 g/mol. The minimum Gasteiger partial charge on any atom is -0.481 e. The van der Waals surface area contributed by atoms with Gasteiger partial charge in [-0.1, -0.05) is 30.3 Å². The third-order valence-corrected chi connectivity index (χ3v) is 3.40. The maximum atomic E-state index is 12.1. The van der Waals surface area contributed by atoms with Gasteiger partial charge in [-0.15, -0.1) is 12.4 Å². The molecule has 5 nitrogen and oxygen atoms in total. The summed E-state index contributed by atoms with van der Waals surface area (Å²) < 4.78 is 0. The van der Waals surface area contributed by atoms with Crippen LogP contribution in [0.25, 0.3) is 0 Å². The Balaban J connectivity index is 0.00000441. The number of aliphatic carboxylic acids is 1. The van der Waals surface area contributed by atoms with Gasteiger partial charge in [0.2, 0.25) is 5.91 Å². The van der Waals surface area contributed by atoms with E-state index < -0.39 is 11.9 Å². The van der Waals surface area contributed by atoms with E-state index in [1.54, 1.807) is 11.9 Å². The normalized spacial score (nSPS) is 11.6. The number of rotatable bonds is 8. The molecule has 0 aromatic heterocycles. The molecule has 1 atom stereocenters. The van der Waals surface area contributed by atoms with E-state index in [2.05, 4.69) is 0 Å². The highest BCUT2D eigenvalue weighted by molar-refractivity contribution is 5.85. The first-order valence-electron chi connectivity index (χ1n) is 7.05. The Kier molecular flexibility index (Phi) is 9.45. The molecule has 1 amide bonds. The number of carbonyl (C=O) groups is 2. The highest BCUT2D eigenvalue weighted by Crippen LogP contribution is 2.14. The van der Waals surface area contributed by atoms with Crippen molar-refractivity contribution in [3.63, 3.8) is 0 Å². The van der Waals surface area contributed by atoms with Crippen molar-refractivity contribution in [1.29, 1.82) is 0 Å². The van der Waals surface area contributed by atoms with E-state index in [1.807, 2.05) is 49.3 Å². The van der Waals surface area contributed by atoms with E-state index in [9.17, 15) is 14.7 Å². The van der Waals surface area contributed by atoms with Crippen LogP contribution in [0.2, 0.25) is 0 Å². The number of hydrogen-bond acceptors (Lipinski definition) is 3. The summed E-state index contributed by atoms with van der Waals surface area (Å²) in [5, 5.41) is 9.30. The number of nitrogens with zero attached hydrogens (tertiary/aromatic N) is 2. The summed E-state index contributed by atoms with van der Waals surface area (Å²) >= 11 is 0. The van der Waals surface area contributed by atoms with Gasteiger partial charge in [0, 0.05) is 26.6 Å². The molecule has 0 radical (unpaired) electrons. The first-order chi connectivity index (χ1) is 9.90. The van der Waals surface area contributed by atoms with Crippen molar-refractivity contribution in [2.24, 2.45) is 5.92 Å². The van der Waals surface area contributed by atoms with E-state index in [-0.39, 0.29) is 24.7 Å². The van der Waals surface area contributed by atoms with Crippen LogP contribution >= 0.6 is 12.4 Å². The van der Waals surface area contributed by atoms with Crippen LogP contribution in [0.3, 0.4) is 0 Å². The molecule has 124 valence electrons. The lowest BCUT2D eigenvalue weighted by Gasteiger charge is -2.21. The second-order valence-electron chi connectivity index (χ2n) is 5.55. The SMILES string of the molecule is CN(C)CCN(C)C(=O)C[C@@H](Cc1ccccc1)C(=O)O.Cl. The van der Waals surface area contributed by atoms with Crippen LogP contribution in [0.4, 0.5) is 0 Å². The van der Waals surface area contributed by atoms with Crippen molar-refractivity contribution >= 4 is 24.3 Å². The van der Waals surface area contributed by atoms with Gasteiger partial charge in [0.1, 0.15) is 0 Å². The Labute approximate surface area is 138 Å². The molecule has 1 aromatic carbocycles. The number of halogens is 1. The second-order valence-corrected chi connectivity index (χ2v) is 5.55. The van der Waals surface area contributed by atoms with Crippen LogP contribution in [-0.2, 0) is 16.0 Å². The topological polar surface area (TPSA) is 60.9 Å². The molecule has 1 aromatic rings. The summed E-state index contributed by atoms with van der Waals surface area (Å²) in [4.78, 5) is 27.0. The van der Waals surface area contributed by atoms with Gasteiger partial charge in [-0.05, 0) is 26.1 Å². The smallest absolute Gasteiger partial charge is 0.307 e. The maximum absolute atomic E-state index is 12.1. The van der Waals surface area contributed by atoms with E-state index in [0.717, 1.165) is 12.1 Å². The molecular formula is C16H25ClN2O3. The Morgan fingerprint density at radius 1 is 1.09 bits per heavy atom. The van der Waals surface area contributed by atoms with Gasteiger partial charge in [-0.25, -0.2) is 0 Å². The van der Waals surface area contributed by atoms with Gasteiger partial charge >= 0.3 is 5.97 Å². The number of likely N-dealkylation sites (N-methyl/N-ethyl adjacent to an activating group) is 2. The zero-order valence-electron chi connectivity index (χ0n) is 13.4. The Hall–Kier alpha value is -1.59. The van der Waals surface area contributed by atoms with Gasteiger partial charge in [0.05, 0.1) is 5.92 Å². The number of benzene rings is 1. The number of carboxylic acids is 1. The minimum atomic E-state index is -0.923. The highest BCUT2D eigenvalue weighted by atomic mass is 35.5. The van der Waals surface area contributed by atoms with Crippen LogP contribution in [0.5, 0.6) is 0 Å². The molecule has 0 aliphatic heterocycles. The number of hydrogen-bond donors (Lipinski definition) is 1. The molecule has 0 bridgehead atoms. The zero-order chi connectivity index (χ0) is 15.8. The Bertz CT molecular complexity index is 466. The number of carbonyl (C=O) groups excluding carboxylic acids is 1. The lowest BCUT2D eigenvalue weighted by molar-refractivity contribution is -0.145. The quantitative estimate of drug-likeness (QED) is 0.790. The summed E-state index contributed by atoms with van der Waals surface area (Å²) in [5.41, 5.74) is 0.939. The molecule has 0 unspecified atom stereocenters. The Morgan fingerprint density at radius 2 is 1.68 bits per heavy atom. The van der Waals surface area contributed by atoms with Crippen LogP contribution in [0, 0.1) is 5.92 Å². The van der Waals surface area contributed by atoms with E-state index in [1.165, 1.54) is 0 Å². The number of carboxylic acid groups (broad SMARTS) is 1. The van der Waals surface area contributed by atoms with Gasteiger partial charge in [-0.3, -0.25) is 9.59 Å². The predicted octanol–water partition coefficient (Wildman–Crippen LogP) is 1.76. The average Bonchev–Trinajstić information content (AvgIpc) is 2.44. The first kappa shape index (κ1) is 20.4. The molecule has 1 N–H and O–H groups in total. The van der Waals surface area contributed by atoms with Crippen LogP contribution in [0.1, 0.15) is 12.0 Å². The Morgan fingerprint density at radius 3 is 2.18 bits per heavy atom. The van der Waals surface area contributed by atoms with Crippen molar-refractivity contribution in [3.8, 4) is 0 Å². The molecule has 0 aliphatic carbocycles. The van der Waals surface area contributed by atoms with Crippen molar-refractivity contribution in [2.75, 3.05) is 34.2 Å². The summed E-state index contributed by atoms with van der Waals surface area (Å²) in [7, 11) is 5.59. The zero-order valence-corrected chi connectivity index (χ0v) is 14.2. The molecule has 0 spiro atoms. The molecule has 6 heteroatoms. The molecule has 0 saturated heterocycles. The highest BCUT2D eigenvalue weighted by Gasteiger charge is 2.23. The van der Waals surface area contributed by atoms with E-state index in [0.29, 0.717) is 13.0 Å². The summed E-state index contributed by atoms with van der Waals surface area (Å²) in [6.45, 7) is 1.36. The molecule has 0 heterocycles. The summed E-state index contributed by atoms with van der Waals surface area (Å²) in [6, 6.07) is 9.41. The molecule has 1 rings (SSSR count). The molecule has 0 fully saturated rings. The fourth-order valence-electron chi connectivity index (χ4n) is 1.99. The maximum Gasteiger partial charge on any atom is 0.307 e. The van der Waals surface area contributed by atoms with Crippen LogP contribution < -0.4 is 0 Å². The van der Waals surface area contributed by atoms with Gasteiger partial charge in [-0.2, -0.15) is 0 Å². The van der Waals surface area contributed by atoms with E-state index in [4.69, 9.17) is 0 Å². The number of amides is 1. The summed E-state index contributed by atoms with van der Waals surface area (Å²) in [6.07, 6.45) is 0.414. The van der Waals surface area contributed by atoms with Gasteiger partial charge < -0.3 is 14.9 Å². The van der Waals surface area contributed by atoms with Crippen molar-refractivity contribution in [1.82, 2.24) is 9.80 Å². The van der Waals surface area contributed by atoms with Crippen molar-refractivity contribution < 1.29 is 14.7 Å². The lowest BCUT2D eigenvalue weighted by Crippen LogP contribution is -2.35. The monoisotopic (exact) mass is 328 g/mol. The van der Waals surface area contributed by atoms with Crippen LogP contribution in [-0.4, -0.2) is 61.0 Å². The third kappa shape index (κ3) is 7.43. The first-order valence-corrected chi connectivity index (χ1v) is 7.05. The fraction of sp³-hybridized carbons (Fsp3) is 0.500. The lowest BCUT2D eigenvalue weighted by atomic mass is 9.96. The third-order valence-electron chi connectivity index (χ3n) is 3.40. The second kappa shape index (κ2) is 10.2. The van der Waals surface area contributed by atoms with Gasteiger partial charge in [0.25, 0.3) is 0 Å². The standard InChI is InChI=1S/C16H24N2O3.ClH/c1-17(2)9-10-18(3)15(19)12-14(16(20)21)11-13-7-5-4-6-8-13;/h4-8,14H,9-12H2,1-3H3,(H,20,21);1H/t14-;/m1./s1. The van der Waals surface area contributed by atoms with Crippen molar-refractivity contribution in [2.45, 2.75) is 12.8 Å². The van der Waals surface area contributed by atoms with Gasteiger partial charge in [0.15, 0.2) is 0 Å². The largest absolute Gasteiger partial charge is 0.481 e. The summed E-state index contributed by atoms with van der Waals surface area (Å²) in [5.74, 6) is -1.73. The molecule has 22 heavy (non-hydrogen) atoms. The predicted molar refractivity (Wildman–Crippen MR) is 89.3 cm³/mol. The van der Waals surface area contributed by atoms with Crippen molar-refractivity contribution in [3.05, 3.63) is 35.9 Å². The minimum absolute atomic E-state index is 0. The average molecular weight is 329 g/mol. The fourth-order valence-corrected chi connectivity index (χ4v) is 1.99. The molecule has 0 saturated carbocycles.